The molecule has 0 unspecified atom stereocenters. The van der Waals surface area contributed by atoms with Crippen molar-refractivity contribution < 1.29 is 19.1 Å². The average molecular weight is 320 g/mol. The number of ether oxygens (including phenoxy) is 1. The van der Waals surface area contributed by atoms with Crippen LogP contribution in [-0.2, 0) is 9.53 Å². The van der Waals surface area contributed by atoms with Crippen molar-refractivity contribution in [1.29, 1.82) is 0 Å². The zero-order chi connectivity index (χ0) is 17.0. The second-order valence-electron chi connectivity index (χ2n) is 4.67. The summed E-state index contributed by atoms with van der Waals surface area (Å²) in [5.41, 5.74) is 1.50. The molecule has 2 rings (SSSR count). The SMILES string of the molecule is CCNC(=O)NC(=O)COC(=O)c1nc2nc(C)cc(C)n2n1. The second-order valence-corrected chi connectivity index (χ2v) is 4.67. The summed E-state index contributed by atoms with van der Waals surface area (Å²) in [5.74, 6) is -1.57. The Labute approximate surface area is 131 Å². The maximum Gasteiger partial charge on any atom is 0.378 e. The van der Waals surface area contributed by atoms with Crippen molar-refractivity contribution in [2.75, 3.05) is 13.2 Å². The topological polar surface area (TPSA) is 128 Å². The third kappa shape index (κ3) is 3.99. The van der Waals surface area contributed by atoms with Crippen molar-refractivity contribution in [3.05, 3.63) is 23.3 Å². The average Bonchev–Trinajstić information content (AvgIpc) is 2.89. The number of carbonyl (C=O) groups is 3. The standard InChI is InChI=1S/C13H16N6O4/c1-4-14-13(22)16-9(20)6-23-11(21)10-17-12-15-7(2)5-8(3)19(12)18-10/h5H,4,6H2,1-3H3,(H2,14,16,20,22). The van der Waals surface area contributed by atoms with Crippen LogP contribution in [0.15, 0.2) is 6.07 Å². The first-order valence-corrected chi connectivity index (χ1v) is 6.86. The zero-order valence-corrected chi connectivity index (χ0v) is 12.9. The molecule has 2 aromatic rings. The lowest BCUT2D eigenvalue weighted by Crippen LogP contribution is -2.41. The highest BCUT2D eigenvalue weighted by Crippen LogP contribution is 2.06. The number of fused-ring (bicyclic) bond motifs is 1. The highest BCUT2D eigenvalue weighted by Gasteiger charge is 2.18. The lowest BCUT2D eigenvalue weighted by molar-refractivity contribution is -0.123. The summed E-state index contributed by atoms with van der Waals surface area (Å²) in [6.45, 7) is 5.06. The van der Waals surface area contributed by atoms with Gasteiger partial charge in [-0.2, -0.15) is 4.98 Å². The third-order valence-electron chi connectivity index (χ3n) is 2.73. The summed E-state index contributed by atoms with van der Waals surface area (Å²) in [5, 5.41) is 8.36. The number of esters is 1. The molecule has 0 saturated carbocycles. The predicted octanol–water partition coefficient (Wildman–Crippen LogP) is -0.256. The Morgan fingerprint density at radius 2 is 2.00 bits per heavy atom. The summed E-state index contributed by atoms with van der Waals surface area (Å²) >= 11 is 0. The number of aromatic nitrogens is 4. The molecule has 2 N–H and O–H groups in total. The molecule has 0 spiro atoms. The molecule has 10 nitrogen and oxygen atoms in total. The van der Waals surface area contributed by atoms with Gasteiger partial charge in [0.15, 0.2) is 6.61 Å². The zero-order valence-electron chi connectivity index (χ0n) is 12.9. The van der Waals surface area contributed by atoms with Gasteiger partial charge in [-0.25, -0.2) is 19.1 Å². The molecule has 0 aliphatic rings. The van der Waals surface area contributed by atoms with Gasteiger partial charge in [0.2, 0.25) is 0 Å². The maximum atomic E-state index is 11.9. The molecule has 23 heavy (non-hydrogen) atoms. The van der Waals surface area contributed by atoms with Gasteiger partial charge >= 0.3 is 12.0 Å². The van der Waals surface area contributed by atoms with Gasteiger partial charge in [-0.1, -0.05) is 0 Å². The predicted molar refractivity (Wildman–Crippen MR) is 77.8 cm³/mol. The van der Waals surface area contributed by atoms with Crippen molar-refractivity contribution >= 4 is 23.7 Å². The van der Waals surface area contributed by atoms with Crippen molar-refractivity contribution in [3.8, 4) is 0 Å². The van der Waals surface area contributed by atoms with Crippen molar-refractivity contribution in [3.63, 3.8) is 0 Å². The number of urea groups is 1. The van der Waals surface area contributed by atoms with Crippen LogP contribution in [0, 0.1) is 13.8 Å². The van der Waals surface area contributed by atoms with Gasteiger partial charge in [-0.05, 0) is 26.8 Å². The van der Waals surface area contributed by atoms with E-state index in [4.69, 9.17) is 4.74 Å². The number of aryl methyl sites for hydroxylation is 2. The van der Waals surface area contributed by atoms with E-state index in [1.807, 2.05) is 5.32 Å². The Kier molecular flexibility index (Phi) is 4.84. The number of nitrogens with zero attached hydrogens (tertiary/aromatic N) is 4. The Hall–Kier alpha value is -3.04. The fourth-order valence-corrected chi connectivity index (χ4v) is 1.82. The van der Waals surface area contributed by atoms with Gasteiger partial charge in [-0.15, -0.1) is 5.10 Å². The summed E-state index contributed by atoms with van der Waals surface area (Å²) in [6, 6.07) is 1.13. The van der Waals surface area contributed by atoms with Gasteiger partial charge in [-0.3, -0.25) is 10.1 Å². The highest BCUT2D eigenvalue weighted by atomic mass is 16.5. The molecule has 0 radical (unpaired) electrons. The number of rotatable bonds is 4. The Bertz CT molecular complexity index is 769. The molecule has 0 atom stereocenters. The smallest absolute Gasteiger partial charge is 0.378 e. The second kappa shape index (κ2) is 6.81. The largest absolute Gasteiger partial charge is 0.450 e. The summed E-state index contributed by atoms with van der Waals surface area (Å²) in [6.07, 6.45) is 0. The van der Waals surface area contributed by atoms with Crippen molar-refractivity contribution in [2.45, 2.75) is 20.8 Å². The van der Waals surface area contributed by atoms with Gasteiger partial charge in [0, 0.05) is 17.9 Å². The molecule has 0 aliphatic heterocycles. The van der Waals surface area contributed by atoms with Gasteiger partial charge < -0.3 is 10.1 Å². The summed E-state index contributed by atoms with van der Waals surface area (Å²) < 4.78 is 6.17. The number of carbonyl (C=O) groups excluding carboxylic acids is 3. The van der Waals surface area contributed by atoms with E-state index >= 15 is 0 Å². The van der Waals surface area contributed by atoms with E-state index in [0.717, 1.165) is 11.4 Å². The number of hydrogen-bond acceptors (Lipinski definition) is 7. The molecular weight excluding hydrogens is 304 g/mol. The molecule has 0 bridgehead atoms. The Morgan fingerprint density at radius 1 is 1.26 bits per heavy atom. The maximum absolute atomic E-state index is 11.9. The van der Waals surface area contributed by atoms with Crippen LogP contribution < -0.4 is 10.6 Å². The molecule has 3 amide bonds. The van der Waals surface area contributed by atoms with E-state index in [1.165, 1.54) is 4.52 Å². The number of hydrogen-bond donors (Lipinski definition) is 2. The molecule has 0 fully saturated rings. The van der Waals surface area contributed by atoms with Crippen LogP contribution in [-0.4, -0.2) is 50.6 Å². The fraction of sp³-hybridized carbons (Fsp3) is 0.385. The number of nitrogens with one attached hydrogen (secondary N) is 2. The minimum Gasteiger partial charge on any atom is -0.450 e. The fourth-order valence-electron chi connectivity index (χ4n) is 1.82. The van der Waals surface area contributed by atoms with E-state index in [9.17, 15) is 14.4 Å². The minimum atomic E-state index is -0.876. The van der Waals surface area contributed by atoms with Crippen LogP contribution in [0.3, 0.4) is 0 Å². The van der Waals surface area contributed by atoms with E-state index in [0.29, 0.717) is 6.54 Å². The van der Waals surface area contributed by atoms with E-state index in [-0.39, 0.29) is 11.6 Å². The summed E-state index contributed by atoms with van der Waals surface area (Å²) in [4.78, 5) is 42.5. The Balaban J connectivity index is 2.00. The molecule has 2 heterocycles. The lowest BCUT2D eigenvalue weighted by Gasteiger charge is -2.04. The first-order chi connectivity index (χ1) is 10.9. The molecule has 122 valence electrons. The lowest BCUT2D eigenvalue weighted by atomic mass is 10.4. The molecule has 2 aromatic heterocycles. The van der Waals surface area contributed by atoms with Crippen LogP contribution in [0.25, 0.3) is 5.78 Å². The molecule has 0 aliphatic carbocycles. The van der Waals surface area contributed by atoms with Crippen LogP contribution in [0.4, 0.5) is 4.79 Å². The van der Waals surface area contributed by atoms with E-state index in [2.05, 4.69) is 20.4 Å². The molecule has 0 aromatic carbocycles. The number of imide groups is 1. The highest BCUT2D eigenvalue weighted by molar-refractivity contribution is 5.96. The normalized spacial score (nSPS) is 10.4. The van der Waals surface area contributed by atoms with Gasteiger partial charge in [0.05, 0.1) is 0 Å². The number of amides is 3. The first-order valence-electron chi connectivity index (χ1n) is 6.86. The third-order valence-corrected chi connectivity index (χ3v) is 2.73. The van der Waals surface area contributed by atoms with Crippen LogP contribution in [0.2, 0.25) is 0 Å². The quantitative estimate of drug-likeness (QED) is 0.743. The monoisotopic (exact) mass is 320 g/mol. The van der Waals surface area contributed by atoms with E-state index in [1.54, 1.807) is 26.8 Å². The van der Waals surface area contributed by atoms with Crippen LogP contribution in [0.1, 0.15) is 28.9 Å². The van der Waals surface area contributed by atoms with E-state index < -0.39 is 24.5 Å². The first kappa shape index (κ1) is 16.3. The van der Waals surface area contributed by atoms with Crippen molar-refractivity contribution in [2.24, 2.45) is 0 Å². The van der Waals surface area contributed by atoms with Gasteiger partial charge in [0.25, 0.3) is 17.5 Å². The van der Waals surface area contributed by atoms with Crippen molar-refractivity contribution in [1.82, 2.24) is 30.2 Å². The molecular formula is C13H16N6O4. The van der Waals surface area contributed by atoms with Gasteiger partial charge in [0.1, 0.15) is 0 Å². The Morgan fingerprint density at radius 3 is 2.70 bits per heavy atom. The van der Waals surface area contributed by atoms with Crippen LogP contribution >= 0.6 is 0 Å². The van der Waals surface area contributed by atoms with Crippen LogP contribution in [0.5, 0.6) is 0 Å². The molecule has 0 saturated heterocycles. The minimum absolute atomic E-state index is 0.211. The summed E-state index contributed by atoms with van der Waals surface area (Å²) in [7, 11) is 0. The molecule has 10 heteroatoms.